The lowest BCUT2D eigenvalue weighted by molar-refractivity contribution is 0.778. The lowest BCUT2D eigenvalue weighted by atomic mass is 10.3. The summed E-state index contributed by atoms with van der Waals surface area (Å²) in [7, 11) is 1.76. The minimum atomic E-state index is 0.0539. The zero-order valence-electron chi connectivity index (χ0n) is 6.86. The van der Waals surface area contributed by atoms with Gasteiger partial charge in [0, 0.05) is 12.6 Å². The third-order valence-electron chi connectivity index (χ3n) is 1.50. The molecule has 0 unspecified atom stereocenters. The van der Waals surface area contributed by atoms with Crippen molar-refractivity contribution in [3.8, 4) is 0 Å². The van der Waals surface area contributed by atoms with Crippen LogP contribution in [0.3, 0.4) is 0 Å². The Morgan fingerprint density at radius 3 is 2.75 bits per heavy atom. The molecule has 1 aromatic heterocycles. The third-order valence-corrected chi connectivity index (χ3v) is 1.50. The second-order valence-electron chi connectivity index (χ2n) is 2.42. The summed E-state index contributed by atoms with van der Waals surface area (Å²) in [6.45, 7) is 0.377. The van der Waals surface area contributed by atoms with Crippen molar-refractivity contribution in [2.24, 2.45) is 23.5 Å². The lowest BCUT2D eigenvalue weighted by Crippen LogP contribution is -2.22. The number of nitrogens with two attached hydrogens (primary N) is 3. The first-order chi connectivity index (χ1) is 5.61. The Bertz CT molecular complexity index is 295. The van der Waals surface area contributed by atoms with Crippen molar-refractivity contribution in [3.63, 3.8) is 0 Å². The summed E-state index contributed by atoms with van der Waals surface area (Å²) < 4.78 is 1.57. The van der Waals surface area contributed by atoms with Crippen molar-refractivity contribution in [2.75, 3.05) is 5.73 Å². The molecule has 6 heteroatoms. The number of nitrogen functional groups attached to an aromatic ring is 1. The molecule has 0 aliphatic carbocycles. The maximum atomic E-state index is 5.64. The van der Waals surface area contributed by atoms with E-state index in [-0.39, 0.29) is 5.96 Å². The Balaban J connectivity index is 2.77. The molecule has 0 saturated carbocycles. The maximum absolute atomic E-state index is 5.64. The van der Waals surface area contributed by atoms with Gasteiger partial charge in [0.25, 0.3) is 0 Å². The highest BCUT2D eigenvalue weighted by molar-refractivity contribution is 5.75. The smallest absolute Gasteiger partial charge is 0.186 e. The van der Waals surface area contributed by atoms with E-state index < -0.39 is 0 Å². The number of rotatable bonds is 2. The summed E-state index contributed by atoms with van der Waals surface area (Å²) in [6, 6.07) is 0. The summed E-state index contributed by atoms with van der Waals surface area (Å²) in [6.07, 6.45) is 1.64. The molecule has 1 heterocycles. The van der Waals surface area contributed by atoms with E-state index in [0.717, 1.165) is 5.56 Å². The normalized spacial score (nSPS) is 9.75. The minimum absolute atomic E-state index is 0.0539. The largest absolute Gasteiger partial charge is 0.384 e. The number of aryl methyl sites for hydroxylation is 1. The Morgan fingerprint density at radius 1 is 1.67 bits per heavy atom. The molecule has 6 nitrogen and oxygen atoms in total. The molecule has 1 aromatic rings. The van der Waals surface area contributed by atoms with E-state index in [0.29, 0.717) is 12.4 Å². The molecular weight excluding hydrogens is 156 g/mol. The highest BCUT2D eigenvalue weighted by Crippen LogP contribution is 2.09. The average molecular weight is 168 g/mol. The molecule has 1 rings (SSSR count). The SMILES string of the molecule is Cn1ncc(CN=C(N)N)c1N. The van der Waals surface area contributed by atoms with E-state index >= 15 is 0 Å². The van der Waals surface area contributed by atoms with Crippen LogP contribution in [0.5, 0.6) is 0 Å². The second kappa shape index (κ2) is 3.12. The van der Waals surface area contributed by atoms with Gasteiger partial charge in [-0.1, -0.05) is 0 Å². The quantitative estimate of drug-likeness (QED) is 0.379. The molecule has 0 aliphatic heterocycles. The predicted octanol–water partition coefficient (Wildman–Crippen LogP) is -1.22. The first kappa shape index (κ1) is 8.38. The van der Waals surface area contributed by atoms with Gasteiger partial charge >= 0.3 is 0 Å². The number of anilines is 1. The monoisotopic (exact) mass is 168 g/mol. The van der Waals surface area contributed by atoms with Gasteiger partial charge in [0.1, 0.15) is 5.82 Å². The molecule has 0 radical (unpaired) electrons. The van der Waals surface area contributed by atoms with E-state index in [1.165, 1.54) is 0 Å². The standard InChI is InChI=1S/C6H12N6/c1-12-5(7)4(3-11-12)2-10-6(8)9/h3H,2,7H2,1H3,(H4,8,9,10). The second-order valence-corrected chi connectivity index (χ2v) is 2.42. The number of nitrogens with zero attached hydrogens (tertiary/aromatic N) is 3. The van der Waals surface area contributed by atoms with Crippen LogP contribution in [0.4, 0.5) is 5.82 Å². The molecule has 0 atom stereocenters. The number of guanidine groups is 1. The Kier molecular flexibility index (Phi) is 2.18. The highest BCUT2D eigenvalue weighted by Gasteiger charge is 2.02. The van der Waals surface area contributed by atoms with Crippen LogP contribution in [0.2, 0.25) is 0 Å². The molecule has 0 aliphatic rings. The van der Waals surface area contributed by atoms with Crippen molar-refractivity contribution in [1.29, 1.82) is 0 Å². The van der Waals surface area contributed by atoms with E-state index in [1.807, 2.05) is 0 Å². The molecular formula is C6H12N6. The molecule has 6 N–H and O–H groups in total. The van der Waals surface area contributed by atoms with Crippen LogP contribution in [0.1, 0.15) is 5.56 Å². The van der Waals surface area contributed by atoms with Gasteiger partial charge in [-0.25, -0.2) is 4.99 Å². The molecule has 12 heavy (non-hydrogen) atoms. The Labute approximate surface area is 70.0 Å². The van der Waals surface area contributed by atoms with E-state index in [9.17, 15) is 0 Å². The van der Waals surface area contributed by atoms with Crippen molar-refractivity contribution >= 4 is 11.8 Å². The van der Waals surface area contributed by atoms with Crippen LogP contribution in [-0.2, 0) is 13.6 Å². The number of hydrogen-bond acceptors (Lipinski definition) is 3. The van der Waals surface area contributed by atoms with Gasteiger partial charge in [-0.15, -0.1) is 0 Å². The fourth-order valence-corrected chi connectivity index (χ4v) is 0.791. The zero-order chi connectivity index (χ0) is 9.14. The van der Waals surface area contributed by atoms with Gasteiger partial charge < -0.3 is 17.2 Å². The number of aliphatic imine (C=N–C) groups is 1. The van der Waals surface area contributed by atoms with Crippen LogP contribution >= 0.6 is 0 Å². The van der Waals surface area contributed by atoms with Crippen molar-refractivity contribution in [1.82, 2.24) is 9.78 Å². The van der Waals surface area contributed by atoms with Crippen LogP contribution < -0.4 is 17.2 Å². The van der Waals surface area contributed by atoms with E-state index in [2.05, 4.69) is 10.1 Å². The molecule has 0 amide bonds. The van der Waals surface area contributed by atoms with Gasteiger partial charge in [0.2, 0.25) is 0 Å². The van der Waals surface area contributed by atoms with Gasteiger partial charge in [-0.2, -0.15) is 5.10 Å². The molecule has 66 valence electrons. The van der Waals surface area contributed by atoms with E-state index in [4.69, 9.17) is 17.2 Å². The molecule has 0 spiro atoms. The van der Waals surface area contributed by atoms with Crippen LogP contribution in [0.15, 0.2) is 11.2 Å². The lowest BCUT2D eigenvalue weighted by Gasteiger charge is -1.96. The van der Waals surface area contributed by atoms with Gasteiger partial charge in [0.05, 0.1) is 12.7 Å². The average Bonchev–Trinajstić information content (AvgIpc) is 2.30. The topological polar surface area (TPSA) is 108 Å². The van der Waals surface area contributed by atoms with Crippen molar-refractivity contribution in [3.05, 3.63) is 11.8 Å². The van der Waals surface area contributed by atoms with Gasteiger partial charge in [0.15, 0.2) is 5.96 Å². The molecule has 0 aromatic carbocycles. The summed E-state index contributed by atoms with van der Waals surface area (Å²) in [5, 5.41) is 3.93. The maximum Gasteiger partial charge on any atom is 0.186 e. The van der Waals surface area contributed by atoms with Crippen LogP contribution in [0.25, 0.3) is 0 Å². The first-order valence-corrected chi connectivity index (χ1v) is 3.43. The molecule has 0 fully saturated rings. The fourth-order valence-electron chi connectivity index (χ4n) is 0.791. The summed E-state index contributed by atoms with van der Waals surface area (Å²) in [4.78, 5) is 3.81. The Morgan fingerprint density at radius 2 is 2.33 bits per heavy atom. The summed E-state index contributed by atoms with van der Waals surface area (Å²) >= 11 is 0. The Hall–Kier alpha value is -1.72. The third kappa shape index (κ3) is 1.66. The van der Waals surface area contributed by atoms with Gasteiger partial charge in [-0.05, 0) is 0 Å². The fraction of sp³-hybridized carbons (Fsp3) is 0.333. The van der Waals surface area contributed by atoms with Gasteiger partial charge in [-0.3, -0.25) is 4.68 Å². The van der Waals surface area contributed by atoms with Crippen molar-refractivity contribution < 1.29 is 0 Å². The number of aromatic nitrogens is 2. The van der Waals surface area contributed by atoms with E-state index in [1.54, 1.807) is 17.9 Å². The minimum Gasteiger partial charge on any atom is -0.384 e. The predicted molar refractivity (Wildman–Crippen MR) is 47.1 cm³/mol. The molecule has 0 saturated heterocycles. The van der Waals surface area contributed by atoms with Crippen LogP contribution in [0, 0.1) is 0 Å². The summed E-state index contributed by atoms with van der Waals surface area (Å²) in [5.41, 5.74) is 16.8. The zero-order valence-corrected chi connectivity index (χ0v) is 6.86. The number of hydrogen-bond donors (Lipinski definition) is 3. The first-order valence-electron chi connectivity index (χ1n) is 3.43. The van der Waals surface area contributed by atoms with Crippen molar-refractivity contribution in [2.45, 2.75) is 6.54 Å². The van der Waals surface area contributed by atoms with Crippen LogP contribution in [-0.4, -0.2) is 15.7 Å². The highest BCUT2D eigenvalue weighted by atomic mass is 15.3. The molecule has 0 bridgehead atoms. The summed E-state index contributed by atoms with van der Waals surface area (Å²) in [5.74, 6) is 0.637.